The molecule has 1 unspecified atom stereocenters. The zero-order chi connectivity index (χ0) is 16.4. The standard InChI is InChI=1S/C15H17N3O3S2/c1-11-9-12(2)18(17-11)13(14-5-3-7-21-14)10-16-23(19,20)15-6-4-8-22-15/h3-9,13,16H,10H2,1-2H3. The van der Waals surface area contributed by atoms with Crippen LogP contribution in [0.3, 0.4) is 0 Å². The minimum absolute atomic E-state index is 0.162. The van der Waals surface area contributed by atoms with E-state index in [0.717, 1.165) is 11.4 Å². The van der Waals surface area contributed by atoms with E-state index in [1.54, 1.807) is 34.5 Å². The number of aromatic nitrogens is 2. The lowest BCUT2D eigenvalue weighted by molar-refractivity contribution is 0.397. The normalized spacial score (nSPS) is 13.3. The Hall–Kier alpha value is -1.90. The lowest BCUT2D eigenvalue weighted by Crippen LogP contribution is -2.31. The molecule has 0 aromatic carbocycles. The van der Waals surface area contributed by atoms with Crippen molar-refractivity contribution in [2.24, 2.45) is 0 Å². The fraction of sp³-hybridized carbons (Fsp3) is 0.267. The summed E-state index contributed by atoms with van der Waals surface area (Å²) in [6.45, 7) is 4.00. The van der Waals surface area contributed by atoms with Crippen molar-refractivity contribution >= 4 is 21.4 Å². The van der Waals surface area contributed by atoms with E-state index in [2.05, 4.69) is 9.82 Å². The summed E-state index contributed by atoms with van der Waals surface area (Å²) >= 11 is 1.19. The summed E-state index contributed by atoms with van der Waals surface area (Å²) in [4.78, 5) is 0. The zero-order valence-electron chi connectivity index (χ0n) is 12.8. The Morgan fingerprint density at radius 1 is 1.35 bits per heavy atom. The minimum Gasteiger partial charge on any atom is -0.467 e. The van der Waals surface area contributed by atoms with Gasteiger partial charge in [-0.05, 0) is 43.5 Å². The molecule has 23 heavy (non-hydrogen) atoms. The molecule has 0 aliphatic rings. The molecule has 0 saturated heterocycles. The number of rotatable bonds is 6. The average Bonchev–Trinajstić information content (AvgIpc) is 3.22. The molecule has 0 aliphatic carbocycles. The number of furan rings is 1. The van der Waals surface area contributed by atoms with Gasteiger partial charge in [-0.3, -0.25) is 4.68 Å². The van der Waals surface area contributed by atoms with Crippen LogP contribution in [0.4, 0.5) is 0 Å². The van der Waals surface area contributed by atoms with Crippen molar-refractivity contribution in [3.8, 4) is 0 Å². The lowest BCUT2D eigenvalue weighted by Gasteiger charge is -2.17. The fourth-order valence-electron chi connectivity index (χ4n) is 2.43. The summed E-state index contributed by atoms with van der Waals surface area (Å²) in [6, 6.07) is 8.50. The van der Waals surface area contributed by atoms with Gasteiger partial charge < -0.3 is 4.42 Å². The number of sulfonamides is 1. The first-order valence-electron chi connectivity index (χ1n) is 7.07. The molecular formula is C15H17N3O3S2. The van der Waals surface area contributed by atoms with Crippen LogP contribution in [0.25, 0.3) is 0 Å². The number of hydrogen-bond donors (Lipinski definition) is 1. The second-order valence-corrected chi connectivity index (χ2v) is 8.13. The van der Waals surface area contributed by atoms with E-state index in [-0.39, 0.29) is 12.6 Å². The first-order valence-corrected chi connectivity index (χ1v) is 9.43. The van der Waals surface area contributed by atoms with Gasteiger partial charge in [0.05, 0.1) is 12.0 Å². The quantitative estimate of drug-likeness (QED) is 0.741. The third-order valence-electron chi connectivity index (χ3n) is 3.44. The molecule has 0 aliphatic heterocycles. The highest BCUT2D eigenvalue weighted by molar-refractivity contribution is 7.91. The topological polar surface area (TPSA) is 77.1 Å². The van der Waals surface area contributed by atoms with Gasteiger partial charge in [-0.1, -0.05) is 6.07 Å². The Morgan fingerprint density at radius 3 is 2.74 bits per heavy atom. The third kappa shape index (κ3) is 3.39. The largest absolute Gasteiger partial charge is 0.467 e. The van der Waals surface area contributed by atoms with E-state index in [9.17, 15) is 8.42 Å². The van der Waals surface area contributed by atoms with Gasteiger partial charge in [0.2, 0.25) is 10.0 Å². The molecule has 8 heteroatoms. The molecule has 1 atom stereocenters. The predicted octanol–water partition coefficient (Wildman–Crippen LogP) is 2.72. The van der Waals surface area contributed by atoms with Crippen molar-refractivity contribution in [3.05, 3.63) is 59.1 Å². The highest BCUT2D eigenvalue weighted by Gasteiger charge is 2.23. The van der Waals surface area contributed by atoms with Crippen molar-refractivity contribution in [2.45, 2.75) is 24.1 Å². The maximum atomic E-state index is 12.3. The van der Waals surface area contributed by atoms with Crippen molar-refractivity contribution in [1.82, 2.24) is 14.5 Å². The van der Waals surface area contributed by atoms with Crippen LogP contribution in [0, 0.1) is 13.8 Å². The number of aryl methyl sites for hydroxylation is 2. The van der Waals surface area contributed by atoms with Crippen LogP contribution in [0.1, 0.15) is 23.2 Å². The molecule has 1 N–H and O–H groups in total. The SMILES string of the molecule is Cc1cc(C)n(C(CNS(=O)(=O)c2cccs2)c2ccco2)n1. The number of thiophene rings is 1. The van der Waals surface area contributed by atoms with Gasteiger partial charge in [0.1, 0.15) is 16.0 Å². The summed E-state index contributed by atoms with van der Waals surface area (Å²) in [5.74, 6) is 0.657. The third-order valence-corrected chi connectivity index (χ3v) is 6.26. The van der Waals surface area contributed by atoms with Crippen LogP contribution in [-0.2, 0) is 10.0 Å². The van der Waals surface area contributed by atoms with E-state index in [1.165, 1.54) is 11.3 Å². The van der Waals surface area contributed by atoms with Crippen LogP contribution < -0.4 is 4.72 Å². The Kier molecular flexibility index (Phi) is 4.38. The van der Waals surface area contributed by atoms with Gasteiger partial charge in [-0.15, -0.1) is 11.3 Å². The van der Waals surface area contributed by atoms with Crippen molar-refractivity contribution < 1.29 is 12.8 Å². The number of hydrogen-bond acceptors (Lipinski definition) is 5. The molecule has 0 spiro atoms. The molecule has 3 aromatic heterocycles. The second kappa shape index (κ2) is 6.31. The van der Waals surface area contributed by atoms with Gasteiger partial charge >= 0.3 is 0 Å². The Balaban J connectivity index is 1.87. The average molecular weight is 351 g/mol. The summed E-state index contributed by atoms with van der Waals surface area (Å²) in [7, 11) is -3.53. The molecule has 3 aromatic rings. The molecule has 3 heterocycles. The number of nitrogens with zero attached hydrogens (tertiary/aromatic N) is 2. The lowest BCUT2D eigenvalue weighted by atomic mass is 10.2. The maximum Gasteiger partial charge on any atom is 0.250 e. The van der Waals surface area contributed by atoms with Crippen LogP contribution in [0.5, 0.6) is 0 Å². The first-order chi connectivity index (χ1) is 11.0. The Labute approximate surface area is 138 Å². The summed E-state index contributed by atoms with van der Waals surface area (Å²) in [5, 5.41) is 6.19. The van der Waals surface area contributed by atoms with Crippen LogP contribution in [0.15, 0.2) is 50.6 Å². The molecule has 6 nitrogen and oxygen atoms in total. The van der Waals surface area contributed by atoms with E-state index < -0.39 is 10.0 Å². The van der Waals surface area contributed by atoms with Crippen LogP contribution >= 0.6 is 11.3 Å². The predicted molar refractivity (Wildman–Crippen MR) is 88.1 cm³/mol. The molecule has 0 bridgehead atoms. The molecule has 0 radical (unpaired) electrons. The van der Waals surface area contributed by atoms with Crippen LogP contribution in [-0.4, -0.2) is 24.7 Å². The summed E-state index contributed by atoms with van der Waals surface area (Å²) < 4.78 is 34.9. The van der Waals surface area contributed by atoms with Gasteiger partial charge in [0.25, 0.3) is 0 Å². The van der Waals surface area contributed by atoms with Gasteiger partial charge in [-0.2, -0.15) is 5.10 Å². The highest BCUT2D eigenvalue weighted by Crippen LogP contribution is 2.22. The minimum atomic E-state index is -3.53. The smallest absolute Gasteiger partial charge is 0.250 e. The van der Waals surface area contributed by atoms with Gasteiger partial charge in [0, 0.05) is 12.2 Å². The summed E-state index contributed by atoms with van der Waals surface area (Å²) in [6.07, 6.45) is 1.57. The second-order valence-electron chi connectivity index (χ2n) is 5.19. The van der Waals surface area contributed by atoms with E-state index in [0.29, 0.717) is 9.97 Å². The molecule has 0 saturated carbocycles. The molecule has 0 amide bonds. The Bertz CT molecular complexity index is 865. The summed E-state index contributed by atoms with van der Waals surface area (Å²) in [5.41, 5.74) is 1.82. The van der Waals surface area contributed by atoms with E-state index in [1.807, 2.05) is 26.0 Å². The van der Waals surface area contributed by atoms with Gasteiger partial charge in [0.15, 0.2) is 0 Å². The van der Waals surface area contributed by atoms with E-state index in [4.69, 9.17) is 4.42 Å². The first kappa shape index (κ1) is 16.0. The maximum absolute atomic E-state index is 12.3. The molecule has 3 rings (SSSR count). The number of nitrogens with one attached hydrogen (secondary N) is 1. The zero-order valence-corrected chi connectivity index (χ0v) is 14.4. The van der Waals surface area contributed by atoms with Crippen molar-refractivity contribution in [3.63, 3.8) is 0 Å². The van der Waals surface area contributed by atoms with Crippen molar-refractivity contribution in [1.29, 1.82) is 0 Å². The molecule has 0 fully saturated rings. The van der Waals surface area contributed by atoms with E-state index >= 15 is 0 Å². The molecular weight excluding hydrogens is 334 g/mol. The molecule has 122 valence electrons. The van der Waals surface area contributed by atoms with Crippen molar-refractivity contribution in [2.75, 3.05) is 6.54 Å². The Morgan fingerprint density at radius 2 is 2.17 bits per heavy atom. The van der Waals surface area contributed by atoms with Crippen LogP contribution in [0.2, 0.25) is 0 Å². The highest BCUT2D eigenvalue weighted by atomic mass is 32.2. The van der Waals surface area contributed by atoms with Gasteiger partial charge in [-0.25, -0.2) is 13.1 Å². The monoisotopic (exact) mass is 351 g/mol. The fourth-order valence-corrected chi connectivity index (χ4v) is 4.50.